The molecule has 1 aliphatic carbocycles. The second kappa shape index (κ2) is 8.51. The zero-order valence-corrected chi connectivity index (χ0v) is 16.3. The van der Waals surface area contributed by atoms with Gasteiger partial charge in [-0.3, -0.25) is 4.79 Å². The first-order valence-corrected chi connectivity index (χ1v) is 10.1. The average molecular weight is 378 g/mol. The third kappa shape index (κ3) is 4.06. The van der Waals surface area contributed by atoms with E-state index in [1.54, 1.807) is 13.2 Å². The van der Waals surface area contributed by atoms with Crippen molar-refractivity contribution in [3.05, 3.63) is 59.0 Å². The number of methoxy groups -OCH3 is 1. The lowest BCUT2D eigenvalue weighted by molar-refractivity contribution is 0.292. The van der Waals surface area contributed by atoms with Crippen LogP contribution < -0.4 is 14.9 Å². The molecule has 1 saturated carbocycles. The van der Waals surface area contributed by atoms with Gasteiger partial charge in [0, 0.05) is 6.07 Å². The van der Waals surface area contributed by atoms with Gasteiger partial charge in [-0.15, -0.1) is 0 Å². The summed E-state index contributed by atoms with van der Waals surface area (Å²) < 4.78 is 16.8. The summed E-state index contributed by atoms with van der Waals surface area (Å²) in [5.41, 5.74) is 1.86. The van der Waals surface area contributed by atoms with Crippen LogP contribution in [0.4, 0.5) is 0 Å². The first-order chi connectivity index (χ1) is 13.7. The Balaban J connectivity index is 1.46. The number of ether oxygens (including phenoxy) is 2. The van der Waals surface area contributed by atoms with Crippen LogP contribution in [-0.2, 0) is 0 Å². The molecule has 0 bridgehead atoms. The van der Waals surface area contributed by atoms with Gasteiger partial charge in [0.15, 0.2) is 5.43 Å². The number of hydrogen-bond acceptors (Lipinski definition) is 4. The fourth-order valence-corrected chi connectivity index (χ4v) is 4.03. The van der Waals surface area contributed by atoms with Crippen molar-refractivity contribution in [1.29, 1.82) is 0 Å². The summed E-state index contributed by atoms with van der Waals surface area (Å²) in [5.74, 6) is 2.39. The van der Waals surface area contributed by atoms with Crippen molar-refractivity contribution in [2.75, 3.05) is 13.7 Å². The van der Waals surface area contributed by atoms with E-state index in [0.717, 1.165) is 29.4 Å². The van der Waals surface area contributed by atoms with E-state index in [1.165, 1.54) is 38.4 Å². The van der Waals surface area contributed by atoms with E-state index in [9.17, 15) is 4.79 Å². The van der Waals surface area contributed by atoms with Gasteiger partial charge < -0.3 is 13.9 Å². The molecule has 28 heavy (non-hydrogen) atoms. The van der Waals surface area contributed by atoms with E-state index < -0.39 is 0 Å². The summed E-state index contributed by atoms with van der Waals surface area (Å²) in [6.45, 7) is 0.705. The van der Waals surface area contributed by atoms with Gasteiger partial charge in [-0.1, -0.05) is 37.8 Å². The lowest BCUT2D eigenvalue weighted by Gasteiger charge is -2.10. The maximum atomic E-state index is 12.9. The normalized spacial score (nSPS) is 14.5. The molecule has 0 amide bonds. The van der Waals surface area contributed by atoms with Crippen molar-refractivity contribution in [1.82, 2.24) is 0 Å². The summed E-state index contributed by atoms with van der Waals surface area (Å²) in [6.07, 6.45) is 9.35. The van der Waals surface area contributed by atoms with Crippen molar-refractivity contribution < 1.29 is 13.9 Å². The summed E-state index contributed by atoms with van der Waals surface area (Å²) in [4.78, 5) is 12.9. The zero-order chi connectivity index (χ0) is 19.3. The zero-order valence-electron chi connectivity index (χ0n) is 16.3. The van der Waals surface area contributed by atoms with Crippen LogP contribution in [0.5, 0.6) is 11.5 Å². The van der Waals surface area contributed by atoms with E-state index in [-0.39, 0.29) is 5.43 Å². The van der Waals surface area contributed by atoms with Gasteiger partial charge in [0.2, 0.25) is 0 Å². The van der Waals surface area contributed by atoms with Crippen molar-refractivity contribution in [2.24, 2.45) is 5.92 Å². The largest absolute Gasteiger partial charge is 0.497 e. The van der Waals surface area contributed by atoms with E-state index in [0.29, 0.717) is 23.1 Å². The highest BCUT2D eigenvalue weighted by atomic mass is 16.5. The molecule has 1 aromatic heterocycles. The molecule has 1 fully saturated rings. The van der Waals surface area contributed by atoms with Crippen LogP contribution in [0.25, 0.3) is 22.1 Å². The first kappa shape index (κ1) is 18.6. The maximum absolute atomic E-state index is 12.9. The Morgan fingerprint density at radius 2 is 1.79 bits per heavy atom. The predicted molar refractivity (Wildman–Crippen MR) is 111 cm³/mol. The number of rotatable bonds is 7. The molecule has 4 rings (SSSR count). The second-order valence-electron chi connectivity index (χ2n) is 7.51. The third-order valence-electron chi connectivity index (χ3n) is 5.65. The summed E-state index contributed by atoms with van der Waals surface area (Å²) in [5, 5.41) is 0.562. The van der Waals surface area contributed by atoms with Gasteiger partial charge in [0.1, 0.15) is 23.3 Å². The number of benzene rings is 2. The lowest BCUT2D eigenvalue weighted by Crippen LogP contribution is -2.05. The highest BCUT2D eigenvalue weighted by Gasteiger charge is 2.14. The third-order valence-corrected chi connectivity index (χ3v) is 5.65. The van der Waals surface area contributed by atoms with Gasteiger partial charge in [-0.2, -0.15) is 0 Å². The van der Waals surface area contributed by atoms with E-state index >= 15 is 0 Å². The summed E-state index contributed by atoms with van der Waals surface area (Å²) in [6, 6.07) is 12.8. The molecule has 146 valence electrons. The molecule has 1 heterocycles. The lowest BCUT2D eigenvalue weighted by atomic mass is 10.0. The molecule has 1 aliphatic rings. The topological polar surface area (TPSA) is 48.7 Å². The molecule has 2 aromatic carbocycles. The van der Waals surface area contributed by atoms with Gasteiger partial charge in [0.25, 0.3) is 0 Å². The first-order valence-electron chi connectivity index (χ1n) is 10.1. The van der Waals surface area contributed by atoms with Crippen molar-refractivity contribution in [2.45, 2.75) is 38.5 Å². The minimum absolute atomic E-state index is 0.0424. The Morgan fingerprint density at radius 1 is 1.04 bits per heavy atom. The predicted octanol–water partition coefficient (Wildman–Crippen LogP) is 5.82. The van der Waals surface area contributed by atoms with Crippen LogP contribution in [0.3, 0.4) is 0 Å². The highest BCUT2D eigenvalue weighted by Crippen LogP contribution is 2.29. The van der Waals surface area contributed by atoms with Crippen molar-refractivity contribution >= 4 is 11.0 Å². The maximum Gasteiger partial charge on any atom is 0.200 e. The van der Waals surface area contributed by atoms with Crippen molar-refractivity contribution in [3.63, 3.8) is 0 Å². The minimum atomic E-state index is -0.0424. The van der Waals surface area contributed by atoms with Gasteiger partial charge in [-0.25, -0.2) is 0 Å². The van der Waals surface area contributed by atoms with Crippen molar-refractivity contribution in [3.8, 4) is 22.6 Å². The quantitative estimate of drug-likeness (QED) is 0.486. The average Bonchev–Trinajstić information content (AvgIpc) is 3.25. The Bertz CT molecular complexity index is 982. The number of fused-ring (bicyclic) bond motifs is 1. The molecular weight excluding hydrogens is 352 g/mol. The Labute approximate surface area is 165 Å². The molecule has 0 radical (unpaired) electrons. The molecular formula is C24H26O4. The van der Waals surface area contributed by atoms with Crippen LogP contribution in [0.1, 0.15) is 38.5 Å². The second-order valence-corrected chi connectivity index (χ2v) is 7.51. The molecule has 4 heteroatoms. The monoisotopic (exact) mass is 378 g/mol. The molecule has 0 N–H and O–H groups in total. The van der Waals surface area contributed by atoms with Crippen LogP contribution >= 0.6 is 0 Å². The van der Waals surface area contributed by atoms with Gasteiger partial charge in [-0.05, 0) is 48.6 Å². The molecule has 0 atom stereocenters. The fraction of sp³-hybridized carbons (Fsp3) is 0.375. The van der Waals surface area contributed by atoms with Gasteiger partial charge >= 0.3 is 0 Å². The molecule has 0 unspecified atom stereocenters. The van der Waals surface area contributed by atoms with Crippen LogP contribution in [0, 0.1) is 5.92 Å². The van der Waals surface area contributed by atoms with E-state index in [4.69, 9.17) is 13.9 Å². The van der Waals surface area contributed by atoms with Crippen LogP contribution in [0.2, 0.25) is 0 Å². The van der Waals surface area contributed by atoms with Crippen LogP contribution in [0.15, 0.2) is 57.9 Å². The van der Waals surface area contributed by atoms with Gasteiger partial charge in [0.05, 0.1) is 24.7 Å². The van der Waals surface area contributed by atoms with E-state index in [2.05, 4.69) is 0 Å². The molecule has 0 aliphatic heterocycles. The Kier molecular flexibility index (Phi) is 5.65. The molecule has 0 spiro atoms. The molecule has 0 saturated heterocycles. The summed E-state index contributed by atoms with van der Waals surface area (Å²) >= 11 is 0. The molecule has 4 nitrogen and oxygen atoms in total. The standard InChI is InChI=1S/C24H26O4/c1-26-19-10-8-18(9-11-19)22-16-28-23-15-20(12-13-21(23)24(22)25)27-14-4-7-17-5-2-3-6-17/h8-13,15-17H,2-7,14H2,1H3. The Morgan fingerprint density at radius 3 is 2.54 bits per heavy atom. The van der Waals surface area contributed by atoms with E-state index in [1.807, 2.05) is 36.4 Å². The smallest absolute Gasteiger partial charge is 0.200 e. The minimum Gasteiger partial charge on any atom is -0.497 e. The number of hydrogen-bond donors (Lipinski definition) is 0. The fourth-order valence-electron chi connectivity index (χ4n) is 4.03. The summed E-state index contributed by atoms with van der Waals surface area (Å²) in [7, 11) is 1.62. The SMILES string of the molecule is COc1ccc(-c2coc3cc(OCCCC4CCCC4)ccc3c2=O)cc1. The van der Waals surface area contributed by atoms with Crippen LogP contribution in [-0.4, -0.2) is 13.7 Å². The Hall–Kier alpha value is -2.75. The highest BCUT2D eigenvalue weighted by molar-refractivity contribution is 5.82. The molecule has 3 aromatic rings.